The molecule has 4 rings (SSSR count). The molecule has 1 aliphatic rings. The molecule has 9 heteroatoms. The molecule has 3 aromatic rings. The fourth-order valence-electron chi connectivity index (χ4n) is 3.50. The average molecular weight is 401 g/mol. The molecule has 0 atom stereocenters. The Labute approximate surface area is 169 Å². The van der Waals surface area contributed by atoms with Gasteiger partial charge in [0, 0.05) is 37.0 Å². The van der Waals surface area contributed by atoms with Crippen molar-refractivity contribution in [2.45, 2.75) is 51.5 Å². The number of aromatic nitrogens is 6. The summed E-state index contributed by atoms with van der Waals surface area (Å²) in [6.45, 7) is 9.36. The maximum absolute atomic E-state index is 4.84. The van der Waals surface area contributed by atoms with Crippen LogP contribution in [0.3, 0.4) is 0 Å². The number of hydrogen-bond donors (Lipinski definition) is 0. The van der Waals surface area contributed by atoms with Crippen LogP contribution in [0.1, 0.15) is 56.9 Å². The number of nitrogens with zero attached hydrogens (tertiary/aromatic N) is 8. The summed E-state index contributed by atoms with van der Waals surface area (Å²) in [6.07, 6.45) is 2.10. The molecule has 0 aliphatic carbocycles. The molecule has 4 heterocycles. The molecule has 0 unspecified atom stereocenters. The molecule has 0 saturated carbocycles. The predicted molar refractivity (Wildman–Crippen MR) is 111 cm³/mol. The van der Waals surface area contributed by atoms with Gasteiger partial charge in [0.1, 0.15) is 0 Å². The lowest BCUT2D eigenvalue weighted by molar-refractivity contribution is 0.197. The highest BCUT2D eigenvalue weighted by molar-refractivity contribution is 7.09. The minimum atomic E-state index is 0.00500. The number of hydrogen-bond acceptors (Lipinski definition) is 8. The molecule has 8 nitrogen and oxygen atoms in total. The summed E-state index contributed by atoms with van der Waals surface area (Å²) in [7, 11) is 4.00. The van der Waals surface area contributed by atoms with Gasteiger partial charge in [-0.05, 0) is 38.1 Å². The second-order valence-corrected chi connectivity index (χ2v) is 9.47. The van der Waals surface area contributed by atoms with Gasteiger partial charge in [-0.25, -0.2) is 4.98 Å². The molecule has 0 radical (unpaired) electrons. The van der Waals surface area contributed by atoms with E-state index in [1.165, 1.54) is 11.5 Å². The zero-order valence-corrected chi connectivity index (χ0v) is 18.1. The van der Waals surface area contributed by atoms with Crippen LogP contribution in [0.5, 0.6) is 0 Å². The van der Waals surface area contributed by atoms with Crippen LogP contribution in [-0.2, 0) is 12.0 Å². The van der Waals surface area contributed by atoms with Crippen molar-refractivity contribution in [2.24, 2.45) is 0 Å². The van der Waals surface area contributed by atoms with Crippen LogP contribution >= 0.6 is 11.5 Å². The van der Waals surface area contributed by atoms with Crippen LogP contribution in [0.25, 0.3) is 5.65 Å². The zero-order valence-electron chi connectivity index (χ0n) is 17.3. The van der Waals surface area contributed by atoms with Crippen LogP contribution in [0.2, 0.25) is 0 Å². The molecule has 0 aromatic carbocycles. The van der Waals surface area contributed by atoms with Gasteiger partial charge in [-0.2, -0.15) is 14.0 Å². The molecular weight excluding hydrogens is 372 g/mol. The predicted octanol–water partition coefficient (Wildman–Crippen LogP) is 2.72. The molecule has 0 spiro atoms. The number of fused-ring (bicyclic) bond motifs is 1. The third-order valence-electron chi connectivity index (χ3n) is 5.21. The van der Waals surface area contributed by atoms with Gasteiger partial charge < -0.3 is 4.90 Å². The lowest BCUT2D eigenvalue weighted by Crippen LogP contribution is -2.33. The smallest absolute Gasteiger partial charge is 0.204 e. The Hall–Kier alpha value is -2.13. The van der Waals surface area contributed by atoms with Crippen molar-refractivity contribution in [1.82, 2.24) is 34.1 Å². The normalized spacial score (nSPS) is 16.8. The highest BCUT2D eigenvalue weighted by atomic mass is 32.1. The van der Waals surface area contributed by atoms with E-state index in [1.807, 2.05) is 29.6 Å². The van der Waals surface area contributed by atoms with Gasteiger partial charge in [-0.1, -0.05) is 20.8 Å². The minimum Gasteiger partial charge on any atom is -0.353 e. The average Bonchev–Trinajstić information content (AvgIpc) is 3.28. The topological polar surface area (TPSA) is 75.3 Å². The molecule has 1 aliphatic heterocycles. The monoisotopic (exact) mass is 400 g/mol. The SMILES string of the molecule is CN(C)c1nc(CN2CCC(c3nnc4ccc(C(C)(C)C)nn34)CC2)ns1. The molecule has 0 amide bonds. The Bertz CT molecular complexity index is 946. The van der Waals surface area contributed by atoms with Crippen molar-refractivity contribution in [3.05, 3.63) is 29.5 Å². The van der Waals surface area contributed by atoms with Gasteiger partial charge in [-0.3, -0.25) is 4.90 Å². The minimum absolute atomic E-state index is 0.00500. The molecule has 150 valence electrons. The zero-order chi connectivity index (χ0) is 19.9. The maximum atomic E-state index is 4.84. The largest absolute Gasteiger partial charge is 0.353 e. The summed E-state index contributed by atoms with van der Waals surface area (Å²) in [5.41, 5.74) is 1.89. The van der Waals surface area contributed by atoms with Gasteiger partial charge in [0.05, 0.1) is 12.2 Å². The van der Waals surface area contributed by atoms with Crippen LogP contribution < -0.4 is 4.90 Å². The van der Waals surface area contributed by atoms with Gasteiger partial charge in [0.2, 0.25) is 5.13 Å². The fraction of sp³-hybridized carbons (Fsp3) is 0.632. The summed E-state index contributed by atoms with van der Waals surface area (Å²) in [5.74, 6) is 2.29. The molecule has 0 N–H and O–H groups in total. The third kappa shape index (κ3) is 3.86. The van der Waals surface area contributed by atoms with Crippen molar-refractivity contribution in [1.29, 1.82) is 0 Å². The molecular formula is C19H28N8S. The van der Waals surface area contributed by atoms with Crippen molar-refractivity contribution in [2.75, 3.05) is 32.1 Å². The van der Waals surface area contributed by atoms with E-state index in [0.717, 1.165) is 60.6 Å². The van der Waals surface area contributed by atoms with E-state index in [0.29, 0.717) is 5.92 Å². The van der Waals surface area contributed by atoms with Crippen LogP contribution in [0.15, 0.2) is 12.1 Å². The summed E-state index contributed by atoms with van der Waals surface area (Å²) < 4.78 is 6.44. The van der Waals surface area contributed by atoms with Crippen molar-refractivity contribution < 1.29 is 0 Å². The van der Waals surface area contributed by atoms with Crippen LogP contribution in [-0.4, -0.2) is 61.3 Å². The van der Waals surface area contributed by atoms with Gasteiger partial charge in [0.15, 0.2) is 17.3 Å². The van der Waals surface area contributed by atoms with E-state index in [-0.39, 0.29) is 5.41 Å². The number of piperidine rings is 1. The van der Waals surface area contributed by atoms with Crippen LogP contribution in [0.4, 0.5) is 5.13 Å². The maximum Gasteiger partial charge on any atom is 0.204 e. The van der Waals surface area contributed by atoms with Crippen LogP contribution in [0, 0.1) is 0 Å². The van der Waals surface area contributed by atoms with Crippen molar-refractivity contribution in [3.63, 3.8) is 0 Å². The molecule has 28 heavy (non-hydrogen) atoms. The molecule has 3 aromatic heterocycles. The molecule has 1 saturated heterocycles. The fourth-order valence-corrected chi connectivity index (χ4v) is 4.10. The lowest BCUT2D eigenvalue weighted by atomic mass is 9.92. The highest BCUT2D eigenvalue weighted by Crippen LogP contribution is 2.28. The first kappa shape index (κ1) is 19.2. The Morgan fingerprint density at radius 2 is 1.89 bits per heavy atom. The highest BCUT2D eigenvalue weighted by Gasteiger charge is 2.26. The summed E-state index contributed by atoms with van der Waals surface area (Å²) >= 11 is 1.46. The second-order valence-electron chi connectivity index (χ2n) is 8.73. The number of likely N-dealkylation sites (tertiary alicyclic amines) is 1. The van der Waals surface area contributed by atoms with Gasteiger partial charge in [-0.15, -0.1) is 10.2 Å². The molecule has 1 fully saturated rings. The van der Waals surface area contributed by atoms with E-state index >= 15 is 0 Å². The summed E-state index contributed by atoms with van der Waals surface area (Å²) in [6, 6.07) is 4.08. The Morgan fingerprint density at radius 3 is 2.54 bits per heavy atom. The first-order valence-electron chi connectivity index (χ1n) is 9.76. The molecule has 0 bridgehead atoms. The number of anilines is 1. The second kappa shape index (κ2) is 7.36. The van der Waals surface area contributed by atoms with Gasteiger partial charge in [0.25, 0.3) is 0 Å². The lowest BCUT2D eigenvalue weighted by Gasteiger charge is -2.30. The van der Waals surface area contributed by atoms with E-state index < -0.39 is 0 Å². The third-order valence-corrected chi connectivity index (χ3v) is 6.13. The Kier molecular flexibility index (Phi) is 5.05. The van der Waals surface area contributed by atoms with E-state index in [1.54, 1.807) is 0 Å². The standard InChI is InChI=1S/C19H28N8S/c1-19(2,3)14-6-7-16-21-22-17(27(16)23-14)13-8-10-26(11-9-13)12-15-20-18(25(4)5)28-24-15/h6-7,13H,8-12H2,1-5H3. The first-order chi connectivity index (χ1) is 13.3. The Balaban J connectivity index is 1.44. The summed E-state index contributed by atoms with van der Waals surface area (Å²) in [4.78, 5) is 9.03. The van der Waals surface area contributed by atoms with Crippen molar-refractivity contribution in [3.8, 4) is 0 Å². The Morgan fingerprint density at radius 1 is 1.14 bits per heavy atom. The summed E-state index contributed by atoms with van der Waals surface area (Å²) in [5, 5.41) is 14.6. The van der Waals surface area contributed by atoms with Crippen molar-refractivity contribution >= 4 is 22.3 Å². The number of rotatable bonds is 4. The van der Waals surface area contributed by atoms with E-state index in [4.69, 9.17) is 5.10 Å². The van der Waals surface area contributed by atoms with E-state index in [2.05, 4.69) is 51.3 Å². The van der Waals surface area contributed by atoms with Gasteiger partial charge >= 0.3 is 0 Å². The first-order valence-corrected chi connectivity index (χ1v) is 10.5. The quantitative estimate of drug-likeness (QED) is 0.666. The van der Waals surface area contributed by atoms with E-state index in [9.17, 15) is 0 Å².